The average molecular weight is 243 g/mol. The fraction of sp³-hybridized carbons (Fsp3) is 0.455. The van der Waals surface area contributed by atoms with E-state index >= 15 is 0 Å². The molecule has 5 heteroatoms. The number of carbonyl (C=O) groups is 1. The molecule has 1 unspecified atom stereocenters. The summed E-state index contributed by atoms with van der Waals surface area (Å²) in [6.45, 7) is 2.47. The van der Waals surface area contributed by atoms with Gasteiger partial charge < -0.3 is 10.3 Å². The van der Waals surface area contributed by atoms with Crippen molar-refractivity contribution in [2.75, 3.05) is 6.54 Å². The van der Waals surface area contributed by atoms with Gasteiger partial charge in [-0.15, -0.1) is 11.6 Å². The van der Waals surface area contributed by atoms with E-state index in [4.69, 9.17) is 11.6 Å². The molecule has 0 aliphatic heterocycles. The third-order valence-electron chi connectivity index (χ3n) is 2.25. The van der Waals surface area contributed by atoms with Crippen LogP contribution < -0.4 is 10.7 Å². The molecular formula is C11H15ClN2O2. The van der Waals surface area contributed by atoms with E-state index < -0.39 is 0 Å². The summed E-state index contributed by atoms with van der Waals surface area (Å²) in [6.07, 6.45) is 4.46. The van der Waals surface area contributed by atoms with Gasteiger partial charge in [-0.05, 0) is 12.8 Å². The fourth-order valence-corrected chi connectivity index (χ4v) is 1.34. The molecule has 1 aromatic heterocycles. The van der Waals surface area contributed by atoms with Crippen LogP contribution >= 0.6 is 11.6 Å². The average Bonchev–Trinajstić information content (AvgIpc) is 2.29. The van der Waals surface area contributed by atoms with Gasteiger partial charge in [-0.2, -0.15) is 0 Å². The van der Waals surface area contributed by atoms with Gasteiger partial charge in [0.15, 0.2) is 5.43 Å². The van der Waals surface area contributed by atoms with Crippen LogP contribution in [0.2, 0.25) is 0 Å². The minimum Gasteiger partial charge on any atom is -0.367 e. The number of nitrogens with one attached hydrogen (secondary N) is 2. The molecular weight excluding hydrogens is 228 g/mol. The lowest BCUT2D eigenvalue weighted by atomic mass is 10.2. The normalized spacial score (nSPS) is 12.1. The number of hydrogen-bond acceptors (Lipinski definition) is 2. The molecule has 0 aliphatic carbocycles. The van der Waals surface area contributed by atoms with E-state index in [9.17, 15) is 9.59 Å². The molecule has 0 saturated carbocycles. The van der Waals surface area contributed by atoms with Crippen molar-refractivity contribution in [2.45, 2.75) is 25.1 Å². The number of amides is 1. The number of alkyl halides is 1. The summed E-state index contributed by atoms with van der Waals surface area (Å²) in [5.74, 6) is -0.359. The molecule has 0 aromatic carbocycles. The summed E-state index contributed by atoms with van der Waals surface area (Å²) >= 11 is 5.91. The number of aromatic nitrogens is 1. The molecule has 0 fully saturated rings. The Hall–Kier alpha value is -1.29. The Balaban J connectivity index is 2.48. The van der Waals surface area contributed by atoms with Crippen LogP contribution in [0.3, 0.4) is 0 Å². The second-order valence-corrected chi connectivity index (χ2v) is 4.09. The maximum absolute atomic E-state index is 11.6. The summed E-state index contributed by atoms with van der Waals surface area (Å²) in [4.78, 5) is 25.6. The predicted octanol–water partition coefficient (Wildman–Crippen LogP) is 1.51. The molecule has 0 bridgehead atoms. The zero-order valence-electron chi connectivity index (χ0n) is 9.13. The Bertz CT molecular complexity index is 403. The van der Waals surface area contributed by atoms with Crippen molar-refractivity contribution >= 4 is 17.5 Å². The maximum Gasteiger partial charge on any atom is 0.256 e. The number of aromatic amines is 1. The van der Waals surface area contributed by atoms with Crippen LogP contribution in [0.1, 0.15) is 30.1 Å². The van der Waals surface area contributed by atoms with Crippen molar-refractivity contribution in [3.8, 4) is 0 Å². The molecule has 0 saturated heterocycles. The fourth-order valence-electron chi connectivity index (χ4n) is 1.24. The lowest BCUT2D eigenvalue weighted by molar-refractivity contribution is 0.0951. The van der Waals surface area contributed by atoms with Gasteiger partial charge in [0.2, 0.25) is 0 Å². The molecule has 0 radical (unpaired) electrons. The number of pyridine rings is 1. The molecule has 1 aromatic rings. The minimum absolute atomic E-state index is 0.0642. The number of hydrogen-bond donors (Lipinski definition) is 2. The van der Waals surface area contributed by atoms with Gasteiger partial charge in [-0.3, -0.25) is 9.59 Å². The number of H-pyrrole nitrogens is 1. The van der Waals surface area contributed by atoms with Crippen molar-refractivity contribution in [3.05, 3.63) is 34.2 Å². The molecule has 1 amide bonds. The van der Waals surface area contributed by atoms with E-state index in [1.165, 1.54) is 18.5 Å². The zero-order chi connectivity index (χ0) is 12.0. The molecule has 0 aliphatic rings. The first-order chi connectivity index (χ1) is 7.65. The van der Waals surface area contributed by atoms with E-state index in [1.54, 1.807) is 0 Å². The molecule has 1 heterocycles. The first-order valence-corrected chi connectivity index (χ1v) is 5.68. The van der Waals surface area contributed by atoms with Crippen molar-refractivity contribution < 1.29 is 4.79 Å². The standard InChI is InChI=1S/C11H15ClN2O2/c1-2-8(12)3-6-14-11(16)9-7-13-5-4-10(9)15/h4-5,7-8H,2-3,6H2,1H3,(H,13,15)(H,14,16). The van der Waals surface area contributed by atoms with Crippen LogP contribution in [0.4, 0.5) is 0 Å². The summed E-state index contributed by atoms with van der Waals surface area (Å²) in [6, 6.07) is 1.32. The number of rotatable bonds is 5. The highest BCUT2D eigenvalue weighted by Crippen LogP contribution is 2.04. The maximum atomic E-state index is 11.6. The van der Waals surface area contributed by atoms with Crippen LogP contribution in [0.25, 0.3) is 0 Å². The first kappa shape index (κ1) is 12.8. The second-order valence-electron chi connectivity index (χ2n) is 3.47. The quantitative estimate of drug-likeness (QED) is 0.769. The van der Waals surface area contributed by atoms with Crippen LogP contribution in [-0.2, 0) is 0 Å². The van der Waals surface area contributed by atoms with Gasteiger partial charge in [-0.1, -0.05) is 6.92 Å². The van der Waals surface area contributed by atoms with Gasteiger partial charge in [-0.25, -0.2) is 0 Å². The topological polar surface area (TPSA) is 62.0 Å². The zero-order valence-corrected chi connectivity index (χ0v) is 9.88. The molecule has 1 rings (SSSR count). The Morgan fingerprint density at radius 1 is 1.62 bits per heavy atom. The van der Waals surface area contributed by atoms with Gasteiger partial charge in [0.05, 0.1) is 0 Å². The predicted molar refractivity (Wildman–Crippen MR) is 63.9 cm³/mol. The lowest BCUT2D eigenvalue weighted by Gasteiger charge is -2.07. The van der Waals surface area contributed by atoms with E-state index in [0.717, 1.165) is 6.42 Å². The van der Waals surface area contributed by atoms with E-state index in [2.05, 4.69) is 10.3 Å². The number of halogens is 1. The summed E-state index contributed by atoms with van der Waals surface area (Å²) < 4.78 is 0. The lowest BCUT2D eigenvalue weighted by Crippen LogP contribution is -2.30. The SMILES string of the molecule is CCC(Cl)CCNC(=O)c1c[nH]ccc1=O. The van der Waals surface area contributed by atoms with Gasteiger partial charge in [0, 0.05) is 30.4 Å². The third kappa shape index (κ3) is 3.70. The molecule has 88 valence electrons. The van der Waals surface area contributed by atoms with Gasteiger partial charge >= 0.3 is 0 Å². The van der Waals surface area contributed by atoms with E-state index in [0.29, 0.717) is 13.0 Å². The molecule has 0 spiro atoms. The van der Waals surface area contributed by atoms with Gasteiger partial charge in [0.25, 0.3) is 5.91 Å². The molecule has 2 N–H and O–H groups in total. The monoisotopic (exact) mass is 242 g/mol. The largest absolute Gasteiger partial charge is 0.367 e. The summed E-state index contributed by atoms with van der Waals surface area (Å²) in [5.41, 5.74) is -0.153. The van der Waals surface area contributed by atoms with Crippen LogP contribution in [0.5, 0.6) is 0 Å². The van der Waals surface area contributed by atoms with E-state index in [-0.39, 0.29) is 22.3 Å². The first-order valence-electron chi connectivity index (χ1n) is 5.24. The Labute approximate surface area is 99.0 Å². The molecule has 4 nitrogen and oxygen atoms in total. The third-order valence-corrected chi connectivity index (χ3v) is 2.78. The molecule has 1 atom stereocenters. The Morgan fingerprint density at radius 2 is 2.38 bits per heavy atom. The highest BCUT2D eigenvalue weighted by atomic mass is 35.5. The summed E-state index contributed by atoms with van der Waals surface area (Å²) in [7, 11) is 0. The van der Waals surface area contributed by atoms with E-state index in [1.807, 2.05) is 6.92 Å². The van der Waals surface area contributed by atoms with Crippen molar-refractivity contribution in [1.29, 1.82) is 0 Å². The highest BCUT2D eigenvalue weighted by Gasteiger charge is 2.09. The van der Waals surface area contributed by atoms with Gasteiger partial charge in [0.1, 0.15) is 5.56 Å². The van der Waals surface area contributed by atoms with Crippen LogP contribution in [0.15, 0.2) is 23.3 Å². The Kier molecular flexibility index (Phi) is 5.05. The Morgan fingerprint density at radius 3 is 3.00 bits per heavy atom. The van der Waals surface area contributed by atoms with Crippen molar-refractivity contribution in [1.82, 2.24) is 10.3 Å². The number of carbonyl (C=O) groups excluding carboxylic acids is 1. The minimum atomic E-state index is -0.359. The van der Waals surface area contributed by atoms with Crippen molar-refractivity contribution in [3.63, 3.8) is 0 Å². The molecule has 16 heavy (non-hydrogen) atoms. The van der Waals surface area contributed by atoms with Crippen LogP contribution in [-0.4, -0.2) is 22.8 Å². The second kappa shape index (κ2) is 6.33. The van der Waals surface area contributed by atoms with Crippen LogP contribution in [0, 0.1) is 0 Å². The van der Waals surface area contributed by atoms with Crippen molar-refractivity contribution in [2.24, 2.45) is 0 Å². The smallest absolute Gasteiger partial charge is 0.256 e. The summed E-state index contributed by atoms with van der Waals surface area (Å²) in [5, 5.41) is 2.73. The highest BCUT2D eigenvalue weighted by molar-refractivity contribution is 6.20.